The predicted molar refractivity (Wildman–Crippen MR) is 118 cm³/mol. The fourth-order valence-corrected chi connectivity index (χ4v) is 6.95. The topological polar surface area (TPSA) is 89.3 Å². The standard InChI is InChI=1S/C23H30N2O6S/c1-16-11-17(2)15-25(14-16)32(27,28)19-3-4-20-18(12-19)13-21(31-20)22(26)24-7-5-23(6-8-24)29-9-10-30-23/h3-4,12-13,16-17H,5-11,14-15H2,1-2H3. The van der Waals surface area contributed by atoms with Crippen LogP contribution in [-0.4, -0.2) is 68.7 Å². The number of carbonyl (C=O) groups excluding carboxylic acids is 1. The monoisotopic (exact) mass is 462 g/mol. The summed E-state index contributed by atoms with van der Waals surface area (Å²) in [6, 6.07) is 6.46. The second-order valence-electron chi connectivity index (χ2n) is 9.48. The van der Waals surface area contributed by atoms with Gasteiger partial charge in [-0.2, -0.15) is 4.31 Å². The van der Waals surface area contributed by atoms with Crippen molar-refractivity contribution in [1.82, 2.24) is 9.21 Å². The molecule has 0 radical (unpaired) electrons. The van der Waals surface area contributed by atoms with Crippen molar-refractivity contribution in [2.45, 2.75) is 43.8 Å². The number of likely N-dealkylation sites (tertiary alicyclic amines) is 1. The molecule has 0 saturated carbocycles. The van der Waals surface area contributed by atoms with E-state index >= 15 is 0 Å². The van der Waals surface area contributed by atoms with E-state index in [0.717, 1.165) is 6.42 Å². The molecule has 5 rings (SSSR count). The minimum Gasteiger partial charge on any atom is -0.451 e. The first kappa shape index (κ1) is 21.9. The highest BCUT2D eigenvalue weighted by Crippen LogP contribution is 2.33. The Hall–Kier alpha value is -1.94. The van der Waals surface area contributed by atoms with Crippen LogP contribution in [0.4, 0.5) is 0 Å². The SMILES string of the molecule is CC1CC(C)CN(S(=O)(=O)c2ccc3oc(C(=O)N4CCC5(CC4)OCCO5)cc3c2)C1. The van der Waals surface area contributed by atoms with E-state index < -0.39 is 15.8 Å². The molecule has 174 valence electrons. The normalized spacial score (nSPS) is 26.8. The van der Waals surface area contributed by atoms with Crippen molar-refractivity contribution in [3.63, 3.8) is 0 Å². The van der Waals surface area contributed by atoms with Gasteiger partial charge in [0, 0.05) is 44.4 Å². The van der Waals surface area contributed by atoms with Crippen LogP contribution in [0.2, 0.25) is 0 Å². The maximum absolute atomic E-state index is 13.2. The number of ether oxygens (including phenoxy) is 2. The quantitative estimate of drug-likeness (QED) is 0.697. The molecular formula is C23H30N2O6S. The molecule has 3 saturated heterocycles. The van der Waals surface area contributed by atoms with Crippen LogP contribution in [0.15, 0.2) is 33.6 Å². The number of hydrogen-bond acceptors (Lipinski definition) is 6. The largest absolute Gasteiger partial charge is 0.451 e. The molecule has 32 heavy (non-hydrogen) atoms. The van der Waals surface area contributed by atoms with Gasteiger partial charge in [-0.1, -0.05) is 13.8 Å². The van der Waals surface area contributed by atoms with E-state index in [4.69, 9.17) is 13.9 Å². The van der Waals surface area contributed by atoms with Crippen LogP contribution >= 0.6 is 0 Å². The third-order valence-corrected chi connectivity index (χ3v) is 8.63. The van der Waals surface area contributed by atoms with Crippen LogP contribution in [-0.2, 0) is 19.5 Å². The zero-order valence-electron chi connectivity index (χ0n) is 18.6. The number of nitrogens with zero attached hydrogens (tertiary/aromatic N) is 2. The molecule has 1 spiro atoms. The van der Waals surface area contributed by atoms with Gasteiger partial charge in [0.05, 0.1) is 18.1 Å². The first-order valence-electron chi connectivity index (χ1n) is 11.4. The van der Waals surface area contributed by atoms with Gasteiger partial charge in [-0.15, -0.1) is 0 Å². The molecule has 4 heterocycles. The highest BCUT2D eigenvalue weighted by Gasteiger charge is 2.41. The number of carbonyl (C=O) groups is 1. The molecule has 3 aliphatic heterocycles. The molecular weight excluding hydrogens is 432 g/mol. The smallest absolute Gasteiger partial charge is 0.289 e. The molecule has 2 unspecified atom stereocenters. The second kappa shape index (κ2) is 8.13. The first-order chi connectivity index (χ1) is 15.3. The van der Waals surface area contributed by atoms with E-state index in [-0.39, 0.29) is 16.6 Å². The summed E-state index contributed by atoms with van der Waals surface area (Å²) in [7, 11) is -3.60. The van der Waals surface area contributed by atoms with Gasteiger partial charge in [-0.25, -0.2) is 8.42 Å². The van der Waals surface area contributed by atoms with Crippen LogP contribution in [0.3, 0.4) is 0 Å². The zero-order chi connectivity index (χ0) is 22.5. The molecule has 0 N–H and O–H groups in total. The van der Waals surface area contributed by atoms with Crippen LogP contribution in [0, 0.1) is 11.8 Å². The summed E-state index contributed by atoms with van der Waals surface area (Å²) in [5.74, 6) is 0.145. The molecule has 1 aromatic heterocycles. The first-order valence-corrected chi connectivity index (χ1v) is 12.8. The highest BCUT2D eigenvalue weighted by atomic mass is 32.2. The molecule has 1 amide bonds. The van der Waals surface area contributed by atoms with Crippen molar-refractivity contribution in [3.05, 3.63) is 30.0 Å². The summed E-state index contributed by atoms with van der Waals surface area (Å²) in [4.78, 5) is 15.0. The van der Waals surface area contributed by atoms with Crippen LogP contribution in [0.25, 0.3) is 11.0 Å². The molecule has 9 heteroatoms. The summed E-state index contributed by atoms with van der Waals surface area (Å²) in [5.41, 5.74) is 0.503. The Labute approximate surface area is 188 Å². The lowest BCUT2D eigenvalue weighted by atomic mass is 9.94. The van der Waals surface area contributed by atoms with Crippen molar-refractivity contribution < 1.29 is 27.1 Å². The number of sulfonamides is 1. The van der Waals surface area contributed by atoms with Crippen molar-refractivity contribution in [1.29, 1.82) is 0 Å². The summed E-state index contributed by atoms with van der Waals surface area (Å²) >= 11 is 0. The highest BCUT2D eigenvalue weighted by molar-refractivity contribution is 7.89. The molecule has 0 bridgehead atoms. The van der Waals surface area contributed by atoms with Crippen molar-refractivity contribution in [3.8, 4) is 0 Å². The summed E-state index contributed by atoms with van der Waals surface area (Å²) in [6.07, 6.45) is 2.30. The molecule has 0 aliphatic carbocycles. The maximum Gasteiger partial charge on any atom is 0.289 e. The number of hydrogen-bond donors (Lipinski definition) is 0. The molecule has 2 atom stereocenters. The lowest BCUT2D eigenvalue weighted by Gasteiger charge is -2.37. The van der Waals surface area contributed by atoms with Gasteiger partial charge in [-0.05, 0) is 42.5 Å². The van der Waals surface area contributed by atoms with Gasteiger partial charge < -0.3 is 18.8 Å². The summed E-state index contributed by atoms with van der Waals surface area (Å²) in [5, 5.41) is 0.614. The number of rotatable bonds is 3. The minimum atomic E-state index is -3.60. The van der Waals surface area contributed by atoms with Gasteiger partial charge in [0.15, 0.2) is 11.5 Å². The van der Waals surface area contributed by atoms with Gasteiger partial charge in [0.25, 0.3) is 5.91 Å². The van der Waals surface area contributed by atoms with Gasteiger partial charge in [0.2, 0.25) is 10.0 Å². The molecule has 1 aromatic carbocycles. The van der Waals surface area contributed by atoms with Gasteiger partial charge in [-0.3, -0.25) is 4.79 Å². The fraction of sp³-hybridized carbons (Fsp3) is 0.609. The van der Waals surface area contributed by atoms with Gasteiger partial charge >= 0.3 is 0 Å². The second-order valence-corrected chi connectivity index (χ2v) is 11.4. The number of fused-ring (bicyclic) bond motifs is 1. The molecule has 2 aromatic rings. The van der Waals surface area contributed by atoms with Crippen molar-refractivity contribution in [2.75, 3.05) is 39.4 Å². The van der Waals surface area contributed by atoms with E-state index in [9.17, 15) is 13.2 Å². The number of piperidine rings is 2. The van der Waals surface area contributed by atoms with Crippen LogP contribution < -0.4 is 0 Å². The lowest BCUT2D eigenvalue weighted by Crippen LogP contribution is -2.47. The maximum atomic E-state index is 13.2. The zero-order valence-corrected chi connectivity index (χ0v) is 19.4. The Balaban J connectivity index is 1.34. The number of furan rings is 1. The number of benzene rings is 1. The Bertz CT molecular complexity index is 1100. The van der Waals surface area contributed by atoms with Crippen LogP contribution in [0.5, 0.6) is 0 Å². The molecule has 8 nitrogen and oxygen atoms in total. The van der Waals surface area contributed by atoms with Crippen molar-refractivity contribution in [2.24, 2.45) is 11.8 Å². The van der Waals surface area contributed by atoms with E-state index in [2.05, 4.69) is 13.8 Å². The third kappa shape index (κ3) is 3.96. The fourth-order valence-electron chi connectivity index (χ4n) is 5.23. The van der Waals surface area contributed by atoms with Gasteiger partial charge in [0.1, 0.15) is 5.58 Å². The Morgan fingerprint density at radius 2 is 1.69 bits per heavy atom. The average molecular weight is 463 g/mol. The van der Waals surface area contributed by atoms with E-state index in [1.165, 1.54) is 0 Å². The predicted octanol–water partition coefficient (Wildman–Crippen LogP) is 3.08. The Kier molecular flexibility index (Phi) is 5.56. The van der Waals surface area contributed by atoms with E-state index in [1.54, 1.807) is 33.5 Å². The molecule has 3 aliphatic rings. The van der Waals surface area contributed by atoms with Crippen molar-refractivity contribution >= 4 is 26.9 Å². The Morgan fingerprint density at radius 1 is 1.03 bits per heavy atom. The third-order valence-electron chi connectivity index (χ3n) is 6.80. The minimum absolute atomic E-state index is 0.197. The number of amides is 1. The average Bonchev–Trinajstić information content (AvgIpc) is 3.39. The molecule has 3 fully saturated rings. The van der Waals surface area contributed by atoms with Crippen LogP contribution in [0.1, 0.15) is 43.7 Å². The summed E-state index contributed by atoms with van der Waals surface area (Å²) in [6.45, 7) is 7.48. The van der Waals surface area contributed by atoms with E-state index in [0.29, 0.717) is 75.0 Å². The summed E-state index contributed by atoms with van der Waals surface area (Å²) < 4.78 is 45.3. The van der Waals surface area contributed by atoms with E-state index in [1.807, 2.05) is 0 Å². The Morgan fingerprint density at radius 3 is 2.34 bits per heavy atom. The lowest BCUT2D eigenvalue weighted by molar-refractivity contribution is -0.181.